The molecule has 6 rings (SSSR count). The fourth-order valence-electron chi connectivity index (χ4n) is 5.68. The minimum Gasteiger partial charge on any atom is -0.378 e. The number of hydrogen-bond donors (Lipinski definition) is 1. The summed E-state index contributed by atoms with van der Waals surface area (Å²) >= 11 is 0. The molecule has 1 N–H and O–H groups in total. The van der Waals surface area contributed by atoms with Crippen LogP contribution in [0.5, 0.6) is 0 Å². The summed E-state index contributed by atoms with van der Waals surface area (Å²) in [7, 11) is 0. The second-order valence-electron chi connectivity index (χ2n) is 10.5. The number of fused-ring (bicyclic) bond motifs is 1. The minimum atomic E-state index is -2.81. The third-order valence-corrected chi connectivity index (χ3v) is 7.84. The number of rotatable bonds is 7. The molecule has 1 amide bonds. The lowest BCUT2D eigenvalue weighted by Crippen LogP contribution is -2.45. The second-order valence-corrected chi connectivity index (χ2v) is 10.5. The van der Waals surface area contributed by atoms with Crippen LogP contribution in [0.1, 0.15) is 43.5 Å². The van der Waals surface area contributed by atoms with Gasteiger partial charge in [-0.2, -0.15) is 9.97 Å². The van der Waals surface area contributed by atoms with Gasteiger partial charge in [-0.25, -0.2) is 13.8 Å². The van der Waals surface area contributed by atoms with Crippen molar-refractivity contribution < 1.29 is 18.3 Å². The average Bonchev–Trinajstić information content (AvgIpc) is 3.42. The number of ether oxygens (including phenoxy) is 1. The van der Waals surface area contributed by atoms with Crippen LogP contribution in [0.4, 0.5) is 20.5 Å². The number of alkyl halides is 2. The zero-order chi connectivity index (χ0) is 28.3. The number of imidazole rings is 1. The second kappa shape index (κ2) is 11.8. The van der Waals surface area contributed by atoms with Crippen molar-refractivity contribution >= 4 is 28.7 Å². The first kappa shape index (κ1) is 27.1. The molecular formula is C30H33F2N7O2. The lowest BCUT2D eigenvalue weighted by molar-refractivity contribution is -0.132. The molecule has 0 bridgehead atoms. The molecule has 11 heteroatoms. The van der Waals surface area contributed by atoms with E-state index < -0.39 is 18.3 Å². The molecule has 9 nitrogen and oxygen atoms in total. The zero-order valence-electron chi connectivity index (χ0n) is 22.9. The largest absolute Gasteiger partial charge is 0.378 e. The van der Waals surface area contributed by atoms with Gasteiger partial charge >= 0.3 is 0 Å². The molecule has 0 spiro atoms. The summed E-state index contributed by atoms with van der Waals surface area (Å²) in [4.78, 5) is 30.8. The van der Waals surface area contributed by atoms with E-state index in [1.165, 1.54) is 10.1 Å². The average molecular weight is 562 g/mol. The number of morpholine rings is 1. The number of carbonyl (C=O) groups is 1. The van der Waals surface area contributed by atoms with Gasteiger partial charge in [0.2, 0.25) is 11.9 Å². The highest BCUT2D eigenvalue weighted by molar-refractivity contribution is 5.84. The Morgan fingerprint density at radius 2 is 1.61 bits per heavy atom. The Bertz CT molecular complexity index is 1500. The van der Waals surface area contributed by atoms with Crippen LogP contribution in [0.2, 0.25) is 0 Å². The van der Waals surface area contributed by atoms with Crippen molar-refractivity contribution in [1.29, 1.82) is 0 Å². The number of likely N-dealkylation sites (tertiary alicyclic amines) is 1. The Labute approximate surface area is 237 Å². The summed E-state index contributed by atoms with van der Waals surface area (Å²) < 4.78 is 35.2. The number of anilines is 2. The van der Waals surface area contributed by atoms with E-state index in [1.54, 1.807) is 37.3 Å². The molecule has 1 atom stereocenters. The maximum atomic E-state index is 14.1. The number of amides is 1. The van der Waals surface area contributed by atoms with Gasteiger partial charge in [0.1, 0.15) is 17.7 Å². The van der Waals surface area contributed by atoms with Crippen LogP contribution in [0.25, 0.3) is 16.9 Å². The summed E-state index contributed by atoms with van der Waals surface area (Å²) in [6.07, 6.45) is -1.00. The fraction of sp³-hybridized carbons (Fsp3) is 0.400. The third-order valence-electron chi connectivity index (χ3n) is 7.84. The van der Waals surface area contributed by atoms with Gasteiger partial charge in [0.05, 0.1) is 24.2 Å². The number of halogens is 2. The summed E-state index contributed by atoms with van der Waals surface area (Å²) in [5, 5.41) is 3.17. The monoisotopic (exact) mass is 561 g/mol. The number of hydrogen-bond acceptors (Lipinski definition) is 7. The molecule has 2 aromatic carbocycles. The molecule has 214 valence electrons. The van der Waals surface area contributed by atoms with E-state index in [1.807, 2.05) is 15.9 Å². The van der Waals surface area contributed by atoms with Crippen LogP contribution in [0.3, 0.4) is 0 Å². The molecule has 2 aliphatic rings. The number of nitrogens with zero attached hydrogens (tertiary/aromatic N) is 6. The van der Waals surface area contributed by atoms with Crippen LogP contribution >= 0.6 is 0 Å². The first-order valence-corrected chi connectivity index (χ1v) is 14.1. The smallest absolute Gasteiger partial charge is 0.296 e. The molecule has 4 aromatic rings. The predicted octanol–water partition coefficient (Wildman–Crippen LogP) is 4.80. The van der Waals surface area contributed by atoms with Gasteiger partial charge in [-0.1, -0.05) is 42.5 Å². The van der Waals surface area contributed by atoms with Gasteiger partial charge < -0.3 is 19.9 Å². The predicted molar refractivity (Wildman–Crippen MR) is 153 cm³/mol. The van der Waals surface area contributed by atoms with E-state index in [9.17, 15) is 13.6 Å². The summed E-state index contributed by atoms with van der Waals surface area (Å²) in [6, 6.07) is 18.5. The van der Waals surface area contributed by atoms with E-state index in [0.717, 1.165) is 12.8 Å². The van der Waals surface area contributed by atoms with Crippen LogP contribution in [-0.4, -0.2) is 75.8 Å². The SMILES string of the molecule is C[C@H](Nc1nc(N2CCOCC2)cc(-n2c(C(F)F)nc3ccccc32)n1)C(=O)N1CCC(c2ccccc2)CC1. The highest BCUT2D eigenvalue weighted by Crippen LogP contribution is 2.30. The maximum Gasteiger partial charge on any atom is 0.296 e. The van der Waals surface area contributed by atoms with Gasteiger partial charge in [-0.3, -0.25) is 9.36 Å². The van der Waals surface area contributed by atoms with Crippen molar-refractivity contribution in [2.45, 2.75) is 38.2 Å². The van der Waals surface area contributed by atoms with Crippen molar-refractivity contribution in [1.82, 2.24) is 24.4 Å². The first-order valence-electron chi connectivity index (χ1n) is 14.1. The topological polar surface area (TPSA) is 88.4 Å². The molecule has 2 fully saturated rings. The molecule has 0 unspecified atom stereocenters. The molecule has 41 heavy (non-hydrogen) atoms. The number of nitrogens with one attached hydrogen (secondary N) is 1. The van der Waals surface area contributed by atoms with E-state index in [2.05, 4.69) is 39.6 Å². The third kappa shape index (κ3) is 5.72. The highest BCUT2D eigenvalue weighted by atomic mass is 19.3. The van der Waals surface area contributed by atoms with Crippen molar-refractivity contribution in [2.24, 2.45) is 0 Å². The molecule has 0 radical (unpaired) electrons. The van der Waals surface area contributed by atoms with Crippen molar-refractivity contribution in [3.63, 3.8) is 0 Å². The Morgan fingerprint density at radius 3 is 2.34 bits per heavy atom. The Kier molecular flexibility index (Phi) is 7.78. The molecule has 0 saturated carbocycles. The maximum absolute atomic E-state index is 14.1. The molecule has 2 saturated heterocycles. The standard InChI is InChI=1S/C30H33F2N7O2/c1-20(29(40)38-13-11-22(12-14-38)21-7-3-2-4-8-21)33-30-35-25(37-15-17-41-18-16-37)19-26(36-30)39-24-10-6-5-9-23(24)34-28(39)27(31)32/h2-10,19-20,22,27H,11-18H2,1H3,(H,33,35,36)/t20-/m0/s1. The molecule has 4 heterocycles. The van der Waals surface area contributed by atoms with Crippen molar-refractivity contribution in [3.05, 3.63) is 72.1 Å². The molecule has 2 aromatic heterocycles. The fourth-order valence-corrected chi connectivity index (χ4v) is 5.68. The Morgan fingerprint density at radius 1 is 0.927 bits per heavy atom. The van der Waals surface area contributed by atoms with E-state index in [-0.39, 0.29) is 17.7 Å². The van der Waals surface area contributed by atoms with E-state index in [4.69, 9.17) is 9.72 Å². The molecule has 0 aliphatic carbocycles. The van der Waals surface area contributed by atoms with Crippen LogP contribution in [-0.2, 0) is 9.53 Å². The van der Waals surface area contributed by atoms with Gasteiger partial charge in [-0.05, 0) is 43.4 Å². The first-order chi connectivity index (χ1) is 20.0. The minimum absolute atomic E-state index is 0.0419. The molecular weight excluding hydrogens is 528 g/mol. The normalized spacial score (nSPS) is 17.3. The number of para-hydroxylation sites is 2. The van der Waals surface area contributed by atoms with Crippen molar-refractivity contribution in [2.75, 3.05) is 49.6 Å². The lowest BCUT2D eigenvalue weighted by Gasteiger charge is -2.34. The zero-order valence-corrected chi connectivity index (χ0v) is 22.9. The summed E-state index contributed by atoms with van der Waals surface area (Å²) in [6.45, 7) is 5.40. The van der Waals surface area contributed by atoms with E-state index >= 15 is 0 Å². The van der Waals surface area contributed by atoms with Gasteiger partial charge in [-0.15, -0.1) is 0 Å². The number of carbonyl (C=O) groups excluding carboxylic acids is 1. The Hall–Kier alpha value is -4.12. The molecule has 2 aliphatic heterocycles. The lowest BCUT2D eigenvalue weighted by atomic mass is 9.89. The summed E-state index contributed by atoms with van der Waals surface area (Å²) in [5.74, 6) is 1.03. The van der Waals surface area contributed by atoms with E-state index in [0.29, 0.717) is 62.2 Å². The number of benzene rings is 2. The quantitative estimate of drug-likeness (QED) is 0.347. The van der Waals surface area contributed by atoms with Crippen LogP contribution in [0.15, 0.2) is 60.7 Å². The van der Waals surface area contributed by atoms with Crippen LogP contribution < -0.4 is 10.2 Å². The number of aromatic nitrogens is 4. The van der Waals surface area contributed by atoms with Gasteiger partial charge in [0.25, 0.3) is 6.43 Å². The van der Waals surface area contributed by atoms with Crippen molar-refractivity contribution in [3.8, 4) is 5.82 Å². The van der Waals surface area contributed by atoms with Gasteiger partial charge in [0.15, 0.2) is 5.82 Å². The highest BCUT2D eigenvalue weighted by Gasteiger charge is 2.28. The number of piperidine rings is 1. The Balaban J connectivity index is 1.27. The summed E-state index contributed by atoms with van der Waals surface area (Å²) in [5.41, 5.74) is 2.28. The van der Waals surface area contributed by atoms with Gasteiger partial charge in [0, 0.05) is 32.2 Å². The van der Waals surface area contributed by atoms with Crippen LogP contribution in [0, 0.1) is 0 Å².